The monoisotopic (exact) mass is 335 g/mol. The molecule has 0 fully saturated rings. The highest BCUT2D eigenvalue weighted by Gasteiger charge is 2.23. The lowest BCUT2D eigenvalue weighted by Crippen LogP contribution is -2.34. The molecule has 24 heavy (non-hydrogen) atoms. The molecule has 0 atom stereocenters. The third kappa shape index (κ3) is 3.72. The lowest BCUT2D eigenvalue weighted by atomic mass is 10.2. The predicted molar refractivity (Wildman–Crippen MR) is 87.4 cm³/mol. The van der Waals surface area contributed by atoms with E-state index in [0.29, 0.717) is 36.6 Å². The summed E-state index contributed by atoms with van der Waals surface area (Å²) in [7, 11) is 0. The van der Waals surface area contributed by atoms with E-state index in [2.05, 4.69) is 4.98 Å². The van der Waals surface area contributed by atoms with Gasteiger partial charge in [0.1, 0.15) is 17.2 Å². The maximum Gasteiger partial charge on any atom is 0.307 e. The maximum absolute atomic E-state index is 13.6. The Labute approximate surface area is 140 Å². The molecule has 6 nitrogen and oxygen atoms in total. The first kappa shape index (κ1) is 17.9. The fourth-order valence-corrected chi connectivity index (χ4v) is 2.55. The second-order valence-electron chi connectivity index (χ2n) is 5.28. The summed E-state index contributed by atoms with van der Waals surface area (Å²) in [5.74, 6) is -1.05. The van der Waals surface area contributed by atoms with Crippen molar-refractivity contribution in [1.82, 2.24) is 14.3 Å². The molecule has 130 valence electrons. The third-order valence-corrected chi connectivity index (χ3v) is 3.75. The number of halogens is 1. The number of rotatable bonds is 7. The number of aromatic nitrogens is 2. The summed E-state index contributed by atoms with van der Waals surface area (Å²) in [5, 5.41) is 0. The van der Waals surface area contributed by atoms with Crippen LogP contribution in [0.1, 0.15) is 43.4 Å². The lowest BCUT2D eigenvalue weighted by Gasteiger charge is -2.20. The summed E-state index contributed by atoms with van der Waals surface area (Å²) < 4.78 is 19.9. The zero-order valence-corrected chi connectivity index (χ0v) is 14.2. The zero-order valence-electron chi connectivity index (χ0n) is 14.2. The van der Waals surface area contributed by atoms with Gasteiger partial charge in [-0.05, 0) is 32.4 Å². The molecular weight excluding hydrogens is 313 g/mol. The van der Waals surface area contributed by atoms with E-state index < -0.39 is 5.82 Å². The van der Waals surface area contributed by atoms with Crippen LogP contribution in [-0.2, 0) is 16.0 Å². The Kier molecular flexibility index (Phi) is 5.89. The maximum atomic E-state index is 13.6. The number of carbonyl (C=O) groups is 2. The summed E-state index contributed by atoms with van der Waals surface area (Å²) in [6, 6.07) is 2.86. The van der Waals surface area contributed by atoms with Gasteiger partial charge in [-0.15, -0.1) is 0 Å². The van der Waals surface area contributed by atoms with Crippen molar-refractivity contribution in [3.05, 3.63) is 35.5 Å². The predicted octanol–water partition coefficient (Wildman–Crippen LogP) is 2.45. The van der Waals surface area contributed by atoms with Crippen molar-refractivity contribution in [2.24, 2.45) is 0 Å². The highest BCUT2D eigenvalue weighted by Crippen LogP contribution is 2.17. The Bertz CT molecular complexity index is 742. The van der Waals surface area contributed by atoms with Gasteiger partial charge in [-0.25, -0.2) is 9.37 Å². The smallest absolute Gasteiger partial charge is 0.307 e. The molecule has 0 unspecified atom stereocenters. The molecule has 0 N–H and O–H groups in total. The van der Waals surface area contributed by atoms with E-state index in [0.717, 1.165) is 0 Å². The normalized spacial score (nSPS) is 10.8. The van der Waals surface area contributed by atoms with Crippen LogP contribution in [0.2, 0.25) is 0 Å². The van der Waals surface area contributed by atoms with Crippen LogP contribution in [0.5, 0.6) is 0 Å². The highest BCUT2D eigenvalue weighted by molar-refractivity contribution is 5.95. The first-order valence-corrected chi connectivity index (χ1v) is 8.13. The molecule has 0 saturated heterocycles. The van der Waals surface area contributed by atoms with E-state index in [1.807, 2.05) is 13.8 Å². The molecule has 0 bridgehead atoms. The summed E-state index contributed by atoms with van der Waals surface area (Å²) in [6.07, 6.45) is 1.94. The minimum Gasteiger partial charge on any atom is -0.466 e. The SMILES string of the molecule is CCOC(=O)CCN(CC)C(=O)c1c(CC)nc2ccc(F)cn12. The molecule has 0 spiro atoms. The molecular formula is C17H22FN3O3. The van der Waals surface area contributed by atoms with Crippen molar-refractivity contribution in [3.63, 3.8) is 0 Å². The van der Waals surface area contributed by atoms with Gasteiger partial charge in [0.05, 0.1) is 18.7 Å². The Hall–Kier alpha value is -2.44. The van der Waals surface area contributed by atoms with Gasteiger partial charge in [0, 0.05) is 19.3 Å². The molecule has 1 amide bonds. The third-order valence-electron chi connectivity index (χ3n) is 3.75. The van der Waals surface area contributed by atoms with Crippen LogP contribution in [0.3, 0.4) is 0 Å². The van der Waals surface area contributed by atoms with Crippen molar-refractivity contribution in [3.8, 4) is 0 Å². The van der Waals surface area contributed by atoms with Crippen LogP contribution >= 0.6 is 0 Å². The molecule has 2 heterocycles. The van der Waals surface area contributed by atoms with Gasteiger partial charge < -0.3 is 9.64 Å². The van der Waals surface area contributed by atoms with Crippen molar-refractivity contribution in [2.75, 3.05) is 19.7 Å². The number of hydrogen-bond donors (Lipinski definition) is 0. The molecule has 2 aromatic heterocycles. The number of esters is 1. The number of ether oxygens (including phenoxy) is 1. The molecule has 2 rings (SSSR count). The molecule has 0 aliphatic heterocycles. The Balaban J connectivity index is 2.31. The number of aryl methyl sites for hydroxylation is 1. The van der Waals surface area contributed by atoms with Gasteiger partial charge in [0.25, 0.3) is 5.91 Å². The number of nitrogens with zero attached hydrogens (tertiary/aromatic N) is 3. The fraction of sp³-hybridized carbons (Fsp3) is 0.471. The van der Waals surface area contributed by atoms with Gasteiger partial charge >= 0.3 is 5.97 Å². The molecule has 2 aromatic rings. The van der Waals surface area contributed by atoms with Crippen LogP contribution in [0.15, 0.2) is 18.3 Å². The van der Waals surface area contributed by atoms with E-state index in [9.17, 15) is 14.0 Å². The molecule has 0 saturated carbocycles. The quantitative estimate of drug-likeness (QED) is 0.729. The number of hydrogen-bond acceptors (Lipinski definition) is 4. The molecule has 0 aliphatic carbocycles. The van der Waals surface area contributed by atoms with Crippen molar-refractivity contribution < 1.29 is 18.7 Å². The van der Waals surface area contributed by atoms with Crippen LogP contribution < -0.4 is 0 Å². The molecule has 0 aromatic carbocycles. The zero-order chi connectivity index (χ0) is 17.7. The van der Waals surface area contributed by atoms with Gasteiger partial charge in [-0.1, -0.05) is 6.92 Å². The largest absolute Gasteiger partial charge is 0.466 e. The molecule has 0 radical (unpaired) electrons. The van der Waals surface area contributed by atoms with Crippen LogP contribution in [-0.4, -0.2) is 45.9 Å². The Morgan fingerprint density at radius 2 is 2.04 bits per heavy atom. The van der Waals surface area contributed by atoms with Crippen LogP contribution in [0.4, 0.5) is 4.39 Å². The average molecular weight is 335 g/mol. The lowest BCUT2D eigenvalue weighted by molar-refractivity contribution is -0.143. The number of amides is 1. The van der Waals surface area contributed by atoms with Gasteiger partial charge in [-0.2, -0.15) is 0 Å². The molecule has 0 aliphatic rings. The fourth-order valence-electron chi connectivity index (χ4n) is 2.55. The van der Waals surface area contributed by atoms with Crippen molar-refractivity contribution in [1.29, 1.82) is 0 Å². The minimum absolute atomic E-state index is 0.125. The second-order valence-corrected chi connectivity index (χ2v) is 5.28. The number of fused-ring (bicyclic) bond motifs is 1. The average Bonchev–Trinajstić information content (AvgIpc) is 2.93. The summed E-state index contributed by atoms with van der Waals surface area (Å²) in [5.41, 5.74) is 1.48. The summed E-state index contributed by atoms with van der Waals surface area (Å²) >= 11 is 0. The number of pyridine rings is 1. The summed E-state index contributed by atoms with van der Waals surface area (Å²) in [4.78, 5) is 30.4. The number of imidazole rings is 1. The minimum atomic E-state index is -0.439. The van der Waals surface area contributed by atoms with E-state index in [4.69, 9.17) is 4.74 Å². The van der Waals surface area contributed by atoms with E-state index in [1.165, 1.54) is 16.7 Å². The topological polar surface area (TPSA) is 63.9 Å². The van der Waals surface area contributed by atoms with E-state index >= 15 is 0 Å². The standard InChI is InChI=1S/C17H22FN3O3/c1-4-13-16(21-11-12(18)7-8-14(21)19-13)17(23)20(5-2)10-9-15(22)24-6-3/h7-8,11H,4-6,9-10H2,1-3H3. The van der Waals surface area contributed by atoms with Gasteiger partial charge in [0.2, 0.25) is 0 Å². The van der Waals surface area contributed by atoms with Gasteiger partial charge in [0.15, 0.2) is 0 Å². The van der Waals surface area contributed by atoms with E-state index in [1.54, 1.807) is 17.9 Å². The van der Waals surface area contributed by atoms with Crippen molar-refractivity contribution in [2.45, 2.75) is 33.6 Å². The van der Waals surface area contributed by atoms with Gasteiger partial charge in [-0.3, -0.25) is 14.0 Å². The second kappa shape index (κ2) is 7.90. The van der Waals surface area contributed by atoms with Crippen LogP contribution in [0, 0.1) is 5.82 Å². The highest BCUT2D eigenvalue weighted by atomic mass is 19.1. The van der Waals surface area contributed by atoms with Crippen molar-refractivity contribution >= 4 is 17.5 Å². The Morgan fingerprint density at radius 3 is 2.67 bits per heavy atom. The summed E-state index contributed by atoms with van der Waals surface area (Å²) in [6.45, 7) is 6.46. The Morgan fingerprint density at radius 1 is 1.29 bits per heavy atom. The first-order chi connectivity index (χ1) is 11.5. The van der Waals surface area contributed by atoms with Crippen LogP contribution in [0.25, 0.3) is 5.65 Å². The number of carbonyl (C=O) groups excluding carboxylic acids is 2. The molecule has 7 heteroatoms. The van der Waals surface area contributed by atoms with E-state index in [-0.39, 0.29) is 24.8 Å². The first-order valence-electron chi connectivity index (χ1n) is 8.13.